The molecule has 108 valence electrons. The van der Waals surface area contributed by atoms with E-state index in [4.69, 9.17) is 23.2 Å². The van der Waals surface area contributed by atoms with Crippen molar-refractivity contribution in [3.05, 3.63) is 33.8 Å². The van der Waals surface area contributed by atoms with Crippen molar-refractivity contribution in [3.8, 4) is 0 Å². The number of benzene rings is 1. The molecular weight excluding hydrogens is 299 g/mol. The fourth-order valence-electron chi connectivity index (χ4n) is 2.15. The van der Waals surface area contributed by atoms with Gasteiger partial charge in [0, 0.05) is 25.7 Å². The zero-order chi connectivity index (χ0) is 14.7. The highest BCUT2D eigenvalue weighted by Crippen LogP contribution is 2.23. The first-order valence-electron chi connectivity index (χ1n) is 6.42. The number of hydrogen-bond donors (Lipinski definition) is 0. The summed E-state index contributed by atoms with van der Waals surface area (Å²) in [6.07, 6.45) is 0.872. The maximum atomic E-state index is 12.2. The largest absolute Gasteiger partial charge is 0.345 e. The second-order valence-electron chi connectivity index (χ2n) is 4.93. The lowest BCUT2D eigenvalue weighted by Gasteiger charge is -2.18. The summed E-state index contributed by atoms with van der Waals surface area (Å²) in [6.45, 7) is 1.97. The van der Waals surface area contributed by atoms with Crippen molar-refractivity contribution in [1.82, 2.24) is 9.80 Å². The van der Waals surface area contributed by atoms with Gasteiger partial charge in [0.2, 0.25) is 5.91 Å². The minimum absolute atomic E-state index is 0.0458. The molecule has 1 aliphatic heterocycles. The summed E-state index contributed by atoms with van der Waals surface area (Å²) in [5.74, 6) is -0.00893. The van der Waals surface area contributed by atoms with E-state index < -0.39 is 0 Å². The molecule has 1 fully saturated rings. The monoisotopic (exact) mass is 314 g/mol. The van der Waals surface area contributed by atoms with Gasteiger partial charge in [-0.2, -0.15) is 0 Å². The maximum absolute atomic E-state index is 12.2. The molecule has 4 nitrogen and oxygen atoms in total. The predicted octanol–water partition coefficient (Wildman–Crippen LogP) is 2.34. The molecule has 0 N–H and O–H groups in total. The number of hydrogen-bond acceptors (Lipinski definition) is 3. The summed E-state index contributed by atoms with van der Waals surface area (Å²) >= 11 is 11.7. The van der Waals surface area contributed by atoms with Crippen LogP contribution in [0.3, 0.4) is 0 Å². The molecule has 0 saturated carbocycles. The molecule has 1 aromatic carbocycles. The predicted molar refractivity (Wildman–Crippen MR) is 79.5 cm³/mol. The normalized spacial score (nSPS) is 17.1. The lowest BCUT2D eigenvalue weighted by molar-refractivity contribution is -0.129. The zero-order valence-electron chi connectivity index (χ0n) is 11.2. The lowest BCUT2D eigenvalue weighted by Crippen LogP contribution is -2.37. The molecule has 1 heterocycles. The van der Waals surface area contributed by atoms with Gasteiger partial charge >= 0.3 is 0 Å². The quantitative estimate of drug-likeness (QED) is 0.804. The molecule has 20 heavy (non-hydrogen) atoms. The molecule has 1 aromatic rings. The van der Waals surface area contributed by atoms with Crippen LogP contribution in [-0.4, -0.2) is 54.7 Å². The Morgan fingerprint density at radius 3 is 2.70 bits per heavy atom. The first-order chi connectivity index (χ1) is 9.47. The van der Waals surface area contributed by atoms with Crippen molar-refractivity contribution in [2.45, 2.75) is 6.42 Å². The number of carbonyl (C=O) groups is 2. The van der Waals surface area contributed by atoms with Crippen LogP contribution in [0.25, 0.3) is 0 Å². The highest BCUT2D eigenvalue weighted by Gasteiger charge is 2.21. The van der Waals surface area contributed by atoms with Crippen LogP contribution in [0.1, 0.15) is 16.8 Å². The molecule has 1 amide bonds. The van der Waals surface area contributed by atoms with E-state index in [0.717, 1.165) is 19.5 Å². The number of ketones is 1. The Labute approximate surface area is 128 Å². The lowest BCUT2D eigenvalue weighted by atomic mass is 10.1. The number of rotatable bonds is 3. The van der Waals surface area contributed by atoms with Crippen LogP contribution >= 0.6 is 23.2 Å². The number of Topliss-reactive ketones (excluding diaryl/α,β-unsaturated/α-hetero) is 1. The van der Waals surface area contributed by atoms with Crippen molar-refractivity contribution in [1.29, 1.82) is 0 Å². The molecule has 0 aliphatic carbocycles. The summed E-state index contributed by atoms with van der Waals surface area (Å²) < 4.78 is 0. The summed E-state index contributed by atoms with van der Waals surface area (Å²) in [7, 11) is 1.78. The van der Waals surface area contributed by atoms with Crippen LogP contribution in [-0.2, 0) is 4.79 Å². The Kier molecular flexibility index (Phi) is 5.02. The standard InChI is InChI=1S/C14H16Cl2N2O2/c1-17-5-2-6-18(9-14(17)20)8-13(19)10-3-4-11(15)12(16)7-10/h3-4,7H,2,5-6,8-9H2,1H3. The van der Waals surface area contributed by atoms with Crippen molar-refractivity contribution in [2.75, 3.05) is 33.2 Å². The third-order valence-corrected chi connectivity index (χ3v) is 4.10. The molecule has 2 rings (SSSR count). The maximum Gasteiger partial charge on any atom is 0.236 e. The highest BCUT2D eigenvalue weighted by molar-refractivity contribution is 6.42. The van der Waals surface area contributed by atoms with Crippen molar-refractivity contribution in [2.24, 2.45) is 0 Å². The second kappa shape index (κ2) is 6.57. The molecule has 0 bridgehead atoms. The van der Waals surface area contributed by atoms with Gasteiger partial charge < -0.3 is 4.90 Å². The molecule has 1 saturated heterocycles. The van der Waals surface area contributed by atoms with Gasteiger partial charge in [0.25, 0.3) is 0 Å². The number of halogens is 2. The van der Waals surface area contributed by atoms with E-state index in [0.29, 0.717) is 15.6 Å². The molecule has 0 aromatic heterocycles. The van der Waals surface area contributed by atoms with Gasteiger partial charge in [0.1, 0.15) is 0 Å². The first-order valence-corrected chi connectivity index (χ1v) is 7.17. The summed E-state index contributed by atoms with van der Waals surface area (Å²) in [5.41, 5.74) is 0.518. The van der Waals surface area contributed by atoms with Crippen LogP contribution < -0.4 is 0 Å². The SMILES string of the molecule is CN1CCCN(CC(=O)c2ccc(Cl)c(Cl)c2)CC1=O. The average Bonchev–Trinajstić information content (AvgIpc) is 2.55. The number of likely N-dealkylation sites (N-methyl/N-ethyl adjacent to an activating group) is 1. The van der Waals surface area contributed by atoms with Gasteiger partial charge in [-0.25, -0.2) is 0 Å². The van der Waals surface area contributed by atoms with E-state index in [9.17, 15) is 9.59 Å². The minimum atomic E-state index is -0.0547. The summed E-state index contributed by atoms with van der Waals surface area (Å²) in [5, 5.41) is 0.791. The molecule has 6 heteroatoms. The molecule has 1 aliphatic rings. The van der Waals surface area contributed by atoms with E-state index in [1.165, 1.54) is 0 Å². The van der Waals surface area contributed by atoms with Crippen molar-refractivity contribution >= 4 is 34.9 Å². The van der Waals surface area contributed by atoms with Gasteiger partial charge in [-0.15, -0.1) is 0 Å². The highest BCUT2D eigenvalue weighted by atomic mass is 35.5. The third kappa shape index (κ3) is 3.72. The second-order valence-corrected chi connectivity index (χ2v) is 5.75. The fraction of sp³-hybridized carbons (Fsp3) is 0.429. The molecular formula is C14H16Cl2N2O2. The van der Waals surface area contributed by atoms with Crippen LogP contribution in [0.2, 0.25) is 10.0 Å². The Bertz CT molecular complexity index is 534. The first kappa shape index (κ1) is 15.3. The van der Waals surface area contributed by atoms with Gasteiger partial charge in [-0.3, -0.25) is 14.5 Å². The molecule has 0 radical (unpaired) electrons. The Morgan fingerprint density at radius 1 is 1.25 bits per heavy atom. The van der Waals surface area contributed by atoms with E-state index in [2.05, 4.69) is 0 Å². The third-order valence-electron chi connectivity index (χ3n) is 3.36. The number of amides is 1. The van der Waals surface area contributed by atoms with Gasteiger partial charge in [-0.05, 0) is 24.6 Å². The Hall–Kier alpha value is -1.10. The molecule has 0 spiro atoms. The van der Waals surface area contributed by atoms with E-state index >= 15 is 0 Å². The Morgan fingerprint density at radius 2 is 2.00 bits per heavy atom. The molecule has 0 unspecified atom stereocenters. The van der Waals surface area contributed by atoms with Crippen LogP contribution in [0.15, 0.2) is 18.2 Å². The number of carbonyl (C=O) groups excluding carboxylic acids is 2. The van der Waals surface area contributed by atoms with E-state index in [-0.39, 0.29) is 24.8 Å². The summed E-state index contributed by atoms with van der Waals surface area (Å²) in [6, 6.07) is 4.83. The topological polar surface area (TPSA) is 40.6 Å². The van der Waals surface area contributed by atoms with Gasteiger partial charge in [0.15, 0.2) is 5.78 Å². The molecule has 0 atom stereocenters. The average molecular weight is 315 g/mol. The van der Waals surface area contributed by atoms with Crippen LogP contribution in [0.4, 0.5) is 0 Å². The zero-order valence-corrected chi connectivity index (χ0v) is 12.7. The Balaban J connectivity index is 2.03. The van der Waals surface area contributed by atoms with Crippen LogP contribution in [0.5, 0.6) is 0 Å². The van der Waals surface area contributed by atoms with Gasteiger partial charge in [0.05, 0.1) is 23.1 Å². The number of nitrogens with zero attached hydrogens (tertiary/aromatic N) is 2. The smallest absolute Gasteiger partial charge is 0.236 e. The fourth-order valence-corrected chi connectivity index (χ4v) is 2.44. The van der Waals surface area contributed by atoms with E-state index in [1.807, 2.05) is 4.90 Å². The van der Waals surface area contributed by atoms with Crippen molar-refractivity contribution in [3.63, 3.8) is 0 Å². The van der Waals surface area contributed by atoms with Gasteiger partial charge in [-0.1, -0.05) is 23.2 Å². The van der Waals surface area contributed by atoms with Crippen molar-refractivity contribution < 1.29 is 9.59 Å². The van der Waals surface area contributed by atoms with E-state index in [1.54, 1.807) is 30.1 Å². The summed E-state index contributed by atoms with van der Waals surface area (Å²) in [4.78, 5) is 27.6. The van der Waals surface area contributed by atoms with Crippen LogP contribution in [0, 0.1) is 0 Å². The minimum Gasteiger partial charge on any atom is -0.345 e.